The Morgan fingerprint density at radius 3 is 0.750 bits per heavy atom. The molecule has 0 radical (unpaired) electrons. The molecule has 0 N–H and O–H groups in total. The molecule has 0 fully saturated rings. The van der Waals surface area contributed by atoms with Crippen molar-refractivity contribution in [3.8, 4) is 0 Å². The zero-order chi connectivity index (χ0) is 0. The normalized spacial score (nSPS) is 0. The first-order valence-corrected chi connectivity index (χ1v) is 0. The molecule has 0 rings (SSSR count). The molecule has 0 aromatic carbocycles. The molecule has 0 bridgehead atoms. The van der Waals surface area contributed by atoms with Crippen LogP contribution in [0, 0.1) is 0 Å². The predicted octanol–water partition coefficient (Wildman–Crippen LogP) is -3.93. The summed E-state index contributed by atoms with van der Waals surface area (Å²) in [5, 5.41) is 0. The second-order valence-electron chi connectivity index (χ2n) is 0. The molecular weight excluding hydrogens is 543 g/mol. The Bertz CT molecular complexity index is 6.00. The van der Waals surface area contributed by atoms with Crippen molar-refractivity contribution in [2.75, 3.05) is 0 Å². The summed E-state index contributed by atoms with van der Waals surface area (Å²) in [5.41, 5.74) is 0. The van der Waals surface area contributed by atoms with E-state index in [9.17, 15) is 0 Å². The van der Waals surface area contributed by atoms with Gasteiger partial charge in [0.15, 0.2) is 0 Å². The Balaban J connectivity index is 0. The average Bonchev–Trinajstić information content (AvgIpc) is 0. The summed E-state index contributed by atoms with van der Waals surface area (Å²) in [7, 11) is 0. The third kappa shape index (κ3) is 8.88. The van der Waals surface area contributed by atoms with Gasteiger partial charge in [-0.1, -0.05) is 0 Å². The third-order valence-electron chi connectivity index (χ3n) is 0. The van der Waals surface area contributed by atoms with Crippen molar-refractivity contribution >= 4 is 90.6 Å². The summed E-state index contributed by atoms with van der Waals surface area (Å²) in [6, 6.07) is 0. The molecule has 0 aliphatic carbocycles. The van der Waals surface area contributed by atoms with Crippen molar-refractivity contribution in [2.45, 2.75) is 0 Å². The van der Waals surface area contributed by atoms with Gasteiger partial charge < -0.3 is 0 Å². The number of hydrogen-bond acceptors (Lipinski definition) is 0. The standard InChI is InChI=1S/Bi.H2Se.2H2Te.3H/h;3*1H2;;;. The molecule has 4 heavy (non-hydrogen) atoms. The molecule has 0 aromatic heterocycles. The van der Waals surface area contributed by atoms with E-state index in [2.05, 4.69) is 0 Å². The quantitative estimate of drug-likeness (QED) is 0.270. The van der Waals surface area contributed by atoms with E-state index in [0.717, 1.165) is 0 Å². The van der Waals surface area contributed by atoms with Crippen LogP contribution < -0.4 is 0 Å². The molecule has 0 atom stereocenters. The van der Waals surface area contributed by atoms with Crippen LogP contribution in [-0.4, -0.2) is 90.6 Å². The topological polar surface area (TPSA) is 0 Å². The van der Waals surface area contributed by atoms with Gasteiger partial charge in [-0.3, -0.25) is 0 Å². The first-order valence-electron chi connectivity index (χ1n) is 0. The fourth-order valence-corrected chi connectivity index (χ4v) is 0. The monoisotopic (exact) mass is 558 g/mol. The number of hydrogen-bond donors (Lipinski definition) is 0. The second-order valence-corrected chi connectivity index (χ2v) is 0. The van der Waals surface area contributed by atoms with Crippen LogP contribution in [0.5, 0.6) is 0 Å². The summed E-state index contributed by atoms with van der Waals surface area (Å²) in [5.74, 6) is 0. The average molecular weight is 552 g/mol. The molecule has 0 nitrogen and oxygen atoms in total. The van der Waals surface area contributed by atoms with Gasteiger partial charge in [0.1, 0.15) is 0 Å². The first kappa shape index (κ1) is 28.1. The fraction of sp³-hybridized carbons (Fsp3) is 0. The van der Waals surface area contributed by atoms with E-state index in [4.69, 9.17) is 0 Å². The van der Waals surface area contributed by atoms with Crippen LogP contribution in [0.3, 0.4) is 0 Å². The van der Waals surface area contributed by atoms with Crippen LogP contribution in [0.1, 0.15) is 0 Å². The molecule has 0 saturated carbocycles. The van der Waals surface area contributed by atoms with Gasteiger partial charge in [0.05, 0.1) is 0 Å². The second kappa shape index (κ2) is 16.7. The maximum absolute atomic E-state index is 0. The summed E-state index contributed by atoms with van der Waals surface area (Å²) in [6.07, 6.45) is 0. The van der Waals surface area contributed by atoms with Crippen molar-refractivity contribution < 1.29 is 0 Å². The SMILES string of the molecule is [BiH3].[SeH2].[TeH2].[TeH2]. The molecule has 0 aromatic rings. The Hall–Kier alpha value is 2.98. The minimum atomic E-state index is 0. The number of rotatable bonds is 0. The van der Waals surface area contributed by atoms with Crippen molar-refractivity contribution in [1.29, 1.82) is 0 Å². The van der Waals surface area contributed by atoms with Crippen LogP contribution in [-0.2, 0) is 0 Å². The molecule has 0 unspecified atom stereocenters. The Kier molecular flexibility index (Phi) is 117. The van der Waals surface area contributed by atoms with Gasteiger partial charge in [0.2, 0.25) is 0 Å². The summed E-state index contributed by atoms with van der Waals surface area (Å²) < 4.78 is 0. The van der Waals surface area contributed by atoms with Crippen LogP contribution in [0.4, 0.5) is 0 Å². The third-order valence-corrected chi connectivity index (χ3v) is 0. The predicted molar refractivity (Wildman–Crippen MR) is 35.6 cm³/mol. The molecule has 0 amide bonds. The van der Waals surface area contributed by atoms with E-state index in [1.807, 2.05) is 0 Å². The zero-order valence-electron chi connectivity index (χ0n) is 2.21. The van der Waals surface area contributed by atoms with Gasteiger partial charge in [-0.2, -0.15) is 0 Å². The summed E-state index contributed by atoms with van der Waals surface area (Å²) in [4.78, 5) is 0. The molecule has 4 heteroatoms. The van der Waals surface area contributed by atoms with Gasteiger partial charge >= 0.3 is 90.6 Å². The molecule has 32 valence electrons. The molecule has 0 aliphatic rings. The summed E-state index contributed by atoms with van der Waals surface area (Å²) >= 11 is 0. The van der Waals surface area contributed by atoms with E-state index in [1.54, 1.807) is 0 Å². The van der Waals surface area contributed by atoms with Crippen LogP contribution in [0.15, 0.2) is 0 Å². The fourth-order valence-electron chi connectivity index (χ4n) is 0. The van der Waals surface area contributed by atoms with Crippen molar-refractivity contribution in [3.63, 3.8) is 0 Å². The molecule has 0 heterocycles. The van der Waals surface area contributed by atoms with Gasteiger partial charge in [-0.05, 0) is 0 Å². The molecular formula is H9BiSeTe2. The van der Waals surface area contributed by atoms with Crippen molar-refractivity contribution in [2.24, 2.45) is 0 Å². The van der Waals surface area contributed by atoms with E-state index in [-0.39, 0.29) is 90.6 Å². The molecule has 0 spiro atoms. The van der Waals surface area contributed by atoms with E-state index < -0.39 is 0 Å². The van der Waals surface area contributed by atoms with E-state index in [0.29, 0.717) is 0 Å². The van der Waals surface area contributed by atoms with Gasteiger partial charge in [0, 0.05) is 0 Å². The van der Waals surface area contributed by atoms with Crippen LogP contribution in [0.25, 0.3) is 0 Å². The van der Waals surface area contributed by atoms with E-state index >= 15 is 0 Å². The minimum absolute atomic E-state index is 0. The molecule has 0 saturated heterocycles. The van der Waals surface area contributed by atoms with Crippen LogP contribution >= 0.6 is 0 Å². The Morgan fingerprint density at radius 2 is 0.750 bits per heavy atom. The van der Waals surface area contributed by atoms with Crippen molar-refractivity contribution in [3.05, 3.63) is 0 Å². The maximum atomic E-state index is 0. The zero-order valence-corrected chi connectivity index (χ0v) is 15.5. The van der Waals surface area contributed by atoms with Gasteiger partial charge in [-0.15, -0.1) is 0 Å². The first-order chi connectivity index (χ1) is 0. The Morgan fingerprint density at radius 1 is 0.750 bits per heavy atom. The van der Waals surface area contributed by atoms with Gasteiger partial charge in [0.25, 0.3) is 0 Å². The summed E-state index contributed by atoms with van der Waals surface area (Å²) in [6.45, 7) is 0. The van der Waals surface area contributed by atoms with E-state index in [1.165, 1.54) is 0 Å². The van der Waals surface area contributed by atoms with Crippen LogP contribution in [0.2, 0.25) is 0 Å². The van der Waals surface area contributed by atoms with Crippen molar-refractivity contribution in [1.82, 2.24) is 0 Å². The molecule has 0 aliphatic heterocycles. The van der Waals surface area contributed by atoms with Gasteiger partial charge in [-0.25, -0.2) is 0 Å². The Labute approximate surface area is 88.9 Å².